The number of rotatable bonds is 10. The highest BCUT2D eigenvalue weighted by Crippen LogP contribution is 2.44. The minimum Gasteiger partial charge on any atom is -0.481 e. The van der Waals surface area contributed by atoms with E-state index in [1.54, 1.807) is 13.8 Å². The molecule has 0 saturated carbocycles. The van der Waals surface area contributed by atoms with Crippen molar-refractivity contribution in [2.75, 3.05) is 26.9 Å². The number of carboxylic acids is 1. The Balaban J connectivity index is 1.60. The van der Waals surface area contributed by atoms with Crippen LogP contribution in [0, 0.1) is 11.8 Å². The lowest BCUT2D eigenvalue weighted by atomic mass is 9.96. The summed E-state index contributed by atoms with van der Waals surface area (Å²) in [7, 11) is 1.41. The number of aliphatic carboxylic acids is 1. The van der Waals surface area contributed by atoms with Crippen LogP contribution in [0.15, 0.2) is 48.5 Å². The fourth-order valence-corrected chi connectivity index (χ4v) is 4.07. The summed E-state index contributed by atoms with van der Waals surface area (Å²) < 4.78 is 10.5. The molecule has 1 aliphatic rings. The molecule has 0 bridgehead atoms. The Hall–Kier alpha value is -3.39. The van der Waals surface area contributed by atoms with Crippen LogP contribution in [-0.2, 0) is 19.1 Å². The van der Waals surface area contributed by atoms with E-state index in [2.05, 4.69) is 22.8 Å². The number of hydrogen-bond acceptors (Lipinski definition) is 5. The maximum absolute atomic E-state index is 12.6. The predicted molar refractivity (Wildman–Crippen MR) is 123 cm³/mol. The zero-order valence-corrected chi connectivity index (χ0v) is 19.0. The first-order valence-electron chi connectivity index (χ1n) is 10.9. The van der Waals surface area contributed by atoms with Gasteiger partial charge in [-0.15, -0.1) is 0 Å². The lowest BCUT2D eigenvalue weighted by Gasteiger charge is -2.21. The van der Waals surface area contributed by atoms with Crippen LogP contribution in [0.2, 0.25) is 0 Å². The third-order valence-corrected chi connectivity index (χ3v) is 5.90. The first-order chi connectivity index (χ1) is 15.8. The fourth-order valence-electron chi connectivity index (χ4n) is 4.07. The molecular formula is C25H30N2O6. The van der Waals surface area contributed by atoms with Crippen LogP contribution in [0.3, 0.4) is 0 Å². The van der Waals surface area contributed by atoms with Gasteiger partial charge in [0.1, 0.15) is 12.6 Å². The zero-order chi connectivity index (χ0) is 24.0. The van der Waals surface area contributed by atoms with Crippen molar-refractivity contribution in [1.82, 2.24) is 10.6 Å². The van der Waals surface area contributed by atoms with Gasteiger partial charge in [0.05, 0.1) is 12.5 Å². The van der Waals surface area contributed by atoms with Crippen molar-refractivity contribution in [3.63, 3.8) is 0 Å². The van der Waals surface area contributed by atoms with Gasteiger partial charge in [-0.25, -0.2) is 4.79 Å². The van der Waals surface area contributed by atoms with Crippen LogP contribution >= 0.6 is 0 Å². The van der Waals surface area contributed by atoms with Gasteiger partial charge in [0.15, 0.2) is 0 Å². The Kier molecular flexibility index (Phi) is 8.06. The minimum absolute atomic E-state index is 0.0432. The fraction of sp³-hybridized carbons (Fsp3) is 0.400. The highest BCUT2D eigenvalue weighted by molar-refractivity contribution is 5.86. The van der Waals surface area contributed by atoms with Gasteiger partial charge in [-0.05, 0) is 28.2 Å². The van der Waals surface area contributed by atoms with Crippen molar-refractivity contribution in [2.24, 2.45) is 11.8 Å². The number of carbonyl (C=O) groups is 3. The van der Waals surface area contributed by atoms with Crippen molar-refractivity contribution in [3.05, 3.63) is 59.7 Å². The number of amides is 2. The maximum atomic E-state index is 12.6. The number of ether oxygens (including phenoxy) is 2. The van der Waals surface area contributed by atoms with E-state index in [0.29, 0.717) is 0 Å². The quantitative estimate of drug-likeness (QED) is 0.509. The number of carboxylic acid groups (broad SMARTS) is 1. The van der Waals surface area contributed by atoms with E-state index in [1.165, 1.54) is 7.11 Å². The lowest BCUT2D eigenvalue weighted by Crippen LogP contribution is -2.51. The summed E-state index contributed by atoms with van der Waals surface area (Å²) in [6.45, 7) is 3.54. The summed E-state index contributed by atoms with van der Waals surface area (Å²) in [6.07, 6.45) is -0.743. The van der Waals surface area contributed by atoms with Gasteiger partial charge < -0.3 is 25.2 Å². The second-order valence-electron chi connectivity index (χ2n) is 8.41. The molecule has 3 rings (SSSR count). The largest absolute Gasteiger partial charge is 0.481 e. The SMILES string of the molecule is COC[C@H](NC(=O)OCC1c2ccccc2-c2ccccc21)C(=O)NCC(C(=O)O)C(C)C. The smallest absolute Gasteiger partial charge is 0.407 e. The lowest BCUT2D eigenvalue weighted by molar-refractivity contribution is -0.143. The number of methoxy groups -OCH3 is 1. The van der Waals surface area contributed by atoms with E-state index in [9.17, 15) is 19.5 Å². The summed E-state index contributed by atoms with van der Waals surface area (Å²) >= 11 is 0. The summed E-state index contributed by atoms with van der Waals surface area (Å²) in [4.78, 5) is 36.4. The van der Waals surface area contributed by atoms with Gasteiger partial charge in [-0.1, -0.05) is 62.4 Å². The average molecular weight is 455 g/mol. The second kappa shape index (κ2) is 11.0. The van der Waals surface area contributed by atoms with Gasteiger partial charge in [0.2, 0.25) is 5.91 Å². The van der Waals surface area contributed by atoms with Crippen LogP contribution in [0.4, 0.5) is 4.79 Å². The maximum Gasteiger partial charge on any atom is 0.407 e. The standard InChI is InChI=1S/C25H30N2O6/c1-15(2)20(24(29)30)12-26-23(28)22(14-32-3)27-25(31)33-13-21-18-10-6-4-8-16(18)17-9-5-7-11-19(17)21/h4-11,15,20-22H,12-14H2,1-3H3,(H,26,28)(H,27,31)(H,29,30)/t20?,22-/m0/s1. The van der Waals surface area contributed by atoms with E-state index in [4.69, 9.17) is 9.47 Å². The molecule has 176 valence electrons. The Bertz CT molecular complexity index is 960. The molecule has 2 atom stereocenters. The Morgan fingerprint density at radius 1 is 1.00 bits per heavy atom. The topological polar surface area (TPSA) is 114 Å². The molecule has 33 heavy (non-hydrogen) atoms. The van der Waals surface area contributed by atoms with Crippen LogP contribution in [-0.4, -0.2) is 56.0 Å². The van der Waals surface area contributed by atoms with Gasteiger partial charge in [0, 0.05) is 19.6 Å². The Morgan fingerprint density at radius 3 is 2.09 bits per heavy atom. The van der Waals surface area contributed by atoms with Crippen LogP contribution in [0.25, 0.3) is 11.1 Å². The Labute approximate surface area is 193 Å². The molecule has 0 radical (unpaired) electrons. The highest BCUT2D eigenvalue weighted by atomic mass is 16.5. The van der Waals surface area contributed by atoms with E-state index >= 15 is 0 Å². The molecule has 0 fully saturated rings. The van der Waals surface area contributed by atoms with Crippen molar-refractivity contribution >= 4 is 18.0 Å². The molecule has 0 aromatic heterocycles. The summed E-state index contributed by atoms with van der Waals surface area (Å²) in [6, 6.07) is 15.0. The van der Waals surface area contributed by atoms with Crippen LogP contribution in [0.5, 0.6) is 0 Å². The molecule has 8 heteroatoms. The number of hydrogen-bond donors (Lipinski definition) is 3. The van der Waals surface area contributed by atoms with Crippen molar-refractivity contribution in [1.29, 1.82) is 0 Å². The molecule has 1 unspecified atom stereocenters. The third kappa shape index (κ3) is 5.70. The molecule has 2 aromatic rings. The van der Waals surface area contributed by atoms with E-state index in [-0.39, 0.29) is 31.6 Å². The number of alkyl carbamates (subject to hydrolysis) is 1. The predicted octanol–water partition coefficient (Wildman–Crippen LogP) is 3.01. The first-order valence-corrected chi connectivity index (χ1v) is 10.9. The number of benzene rings is 2. The van der Waals surface area contributed by atoms with E-state index in [1.807, 2.05) is 36.4 Å². The Morgan fingerprint density at radius 2 is 1.58 bits per heavy atom. The first kappa shape index (κ1) is 24.3. The van der Waals surface area contributed by atoms with Gasteiger partial charge in [-0.3, -0.25) is 9.59 Å². The molecule has 0 spiro atoms. The number of nitrogens with one attached hydrogen (secondary N) is 2. The summed E-state index contributed by atoms with van der Waals surface area (Å²) in [5.41, 5.74) is 4.42. The van der Waals surface area contributed by atoms with Crippen LogP contribution < -0.4 is 10.6 Å². The monoisotopic (exact) mass is 454 g/mol. The van der Waals surface area contributed by atoms with Crippen molar-refractivity contribution < 1.29 is 29.0 Å². The summed E-state index contributed by atoms with van der Waals surface area (Å²) in [5, 5.41) is 14.4. The van der Waals surface area contributed by atoms with Gasteiger partial charge in [-0.2, -0.15) is 0 Å². The molecule has 8 nitrogen and oxygen atoms in total. The molecule has 0 aliphatic heterocycles. The third-order valence-electron chi connectivity index (χ3n) is 5.90. The van der Waals surface area contributed by atoms with Crippen molar-refractivity contribution in [3.8, 4) is 11.1 Å². The minimum atomic E-state index is -1.01. The molecule has 0 saturated heterocycles. The normalized spacial score (nSPS) is 14.2. The van der Waals surface area contributed by atoms with Crippen molar-refractivity contribution in [2.45, 2.75) is 25.8 Å². The molecule has 3 N–H and O–H groups in total. The second-order valence-corrected chi connectivity index (χ2v) is 8.41. The van der Waals surface area contributed by atoms with Gasteiger partial charge >= 0.3 is 12.1 Å². The zero-order valence-electron chi connectivity index (χ0n) is 19.0. The molecule has 2 amide bonds. The van der Waals surface area contributed by atoms with Gasteiger partial charge in [0.25, 0.3) is 0 Å². The molecular weight excluding hydrogens is 424 g/mol. The summed E-state index contributed by atoms with van der Waals surface area (Å²) in [5.74, 6) is -2.50. The number of fused-ring (bicyclic) bond motifs is 3. The highest BCUT2D eigenvalue weighted by Gasteiger charge is 2.30. The average Bonchev–Trinajstić information content (AvgIpc) is 3.10. The molecule has 0 heterocycles. The van der Waals surface area contributed by atoms with E-state index in [0.717, 1.165) is 22.3 Å². The van der Waals surface area contributed by atoms with Crippen LogP contribution in [0.1, 0.15) is 30.9 Å². The number of carbonyl (C=O) groups excluding carboxylic acids is 2. The molecule has 1 aliphatic carbocycles. The molecule has 2 aromatic carbocycles. The van der Waals surface area contributed by atoms with E-state index < -0.39 is 29.9 Å².